The van der Waals surface area contributed by atoms with Gasteiger partial charge in [0.05, 0.1) is 5.69 Å². The third-order valence-electron chi connectivity index (χ3n) is 3.07. The van der Waals surface area contributed by atoms with Crippen molar-refractivity contribution in [3.05, 3.63) is 48.2 Å². The number of phenols is 1. The summed E-state index contributed by atoms with van der Waals surface area (Å²) in [7, 11) is 0. The zero-order valence-electron chi connectivity index (χ0n) is 10.1. The van der Waals surface area contributed by atoms with Gasteiger partial charge >= 0.3 is 0 Å². The molecule has 0 fully saturated rings. The van der Waals surface area contributed by atoms with E-state index in [2.05, 4.69) is 15.6 Å². The maximum atomic E-state index is 12.0. The maximum absolute atomic E-state index is 12.0. The van der Waals surface area contributed by atoms with E-state index >= 15 is 0 Å². The fourth-order valence-corrected chi connectivity index (χ4v) is 2.09. The second-order valence-corrected chi connectivity index (χ2v) is 4.46. The van der Waals surface area contributed by atoms with Crippen molar-refractivity contribution in [3.8, 4) is 5.75 Å². The second kappa shape index (κ2) is 4.61. The van der Waals surface area contributed by atoms with Gasteiger partial charge in [0.1, 0.15) is 11.8 Å². The summed E-state index contributed by atoms with van der Waals surface area (Å²) in [4.78, 5) is 16.1. The van der Waals surface area contributed by atoms with E-state index < -0.39 is 0 Å². The molecule has 2 aromatic rings. The van der Waals surface area contributed by atoms with E-state index in [0.29, 0.717) is 12.2 Å². The lowest BCUT2D eigenvalue weighted by molar-refractivity contribution is -0.117. The number of phenolic OH excluding ortho intramolecular Hbond substituents is 1. The van der Waals surface area contributed by atoms with Crippen molar-refractivity contribution in [3.63, 3.8) is 0 Å². The molecule has 5 heteroatoms. The van der Waals surface area contributed by atoms with Crippen LogP contribution in [0.5, 0.6) is 5.75 Å². The minimum Gasteiger partial charge on any atom is -0.508 e. The van der Waals surface area contributed by atoms with Crippen LogP contribution in [0.2, 0.25) is 0 Å². The van der Waals surface area contributed by atoms with E-state index in [-0.39, 0.29) is 17.7 Å². The molecule has 0 unspecified atom stereocenters. The maximum Gasteiger partial charge on any atom is 0.248 e. The van der Waals surface area contributed by atoms with Crippen LogP contribution in [0.25, 0.3) is 0 Å². The number of hydrogen-bond donors (Lipinski definition) is 3. The number of anilines is 2. The Hall–Kier alpha value is -2.56. The Labute approximate surface area is 110 Å². The van der Waals surface area contributed by atoms with E-state index in [9.17, 15) is 9.90 Å². The fraction of sp³-hybridized carbons (Fsp3) is 0.143. The van der Waals surface area contributed by atoms with E-state index in [1.165, 1.54) is 0 Å². The van der Waals surface area contributed by atoms with Gasteiger partial charge in [0, 0.05) is 12.6 Å². The summed E-state index contributed by atoms with van der Waals surface area (Å²) in [6, 6.07) is 10.2. The first-order valence-corrected chi connectivity index (χ1v) is 6.03. The zero-order chi connectivity index (χ0) is 13.2. The van der Waals surface area contributed by atoms with Gasteiger partial charge in [0.25, 0.3) is 0 Å². The van der Waals surface area contributed by atoms with E-state index in [1.54, 1.807) is 18.3 Å². The first-order chi connectivity index (χ1) is 9.22. The van der Waals surface area contributed by atoms with Crippen LogP contribution in [0.1, 0.15) is 5.56 Å². The average Bonchev–Trinajstić information content (AvgIpc) is 2.42. The molecule has 0 radical (unpaired) electrons. The molecule has 0 saturated heterocycles. The lowest BCUT2D eigenvalue weighted by atomic mass is 10.0. The van der Waals surface area contributed by atoms with Gasteiger partial charge in [0.2, 0.25) is 5.91 Å². The van der Waals surface area contributed by atoms with Crippen molar-refractivity contribution in [2.75, 3.05) is 10.6 Å². The average molecular weight is 255 g/mol. The van der Waals surface area contributed by atoms with Crippen LogP contribution in [0.4, 0.5) is 11.5 Å². The van der Waals surface area contributed by atoms with Crippen LogP contribution in [-0.2, 0) is 11.2 Å². The summed E-state index contributed by atoms with van der Waals surface area (Å²) >= 11 is 0. The Morgan fingerprint density at radius 3 is 2.79 bits per heavy atom. The van der Waals surface area contributed by atoms with Crippen molar-refractivity contribution in [2.45, 2.75) is 12.5 Å². The molecule has 1 atom stereocenters. The highest BCUT2D eigenvalue weighted by molar-refractivity contribution is 6.01. The topological polar surface area (TPSA) is 74.2 Å². The highest BCUT2D eigenvalue weighted by atomic mass is 16.3. The molecule has 0 aliphatic carbocycles. The number of aromatic hydroxyl groups is 1. The van der Waals surface area contributed by atoms with Gasteiger partial charge in [-0.2, -0.15) is 0 Å². The molecule has 3 rings (SSSR count). The molecule has 1 aliphatic rings. The number of benzene rings is 1. The Morgan fingerprint density at radius 2 is 2.00 bits per heavy atom. The summed E-state index contributed by atoms with van der Waals surface area (Å²) in [5.74, 6) is 0.688. The summed E-state index contributed by atoms with van der Waals surface area (Å²) in [5.41, 5.74) is 1.81. The first kappa shape index (κ1) is 11.5. The lowest BCUT2D eigenvalue weighted by Crippen LogP contribution is -2.40. The molecule has 1 aromatic heterocycles. The smallest absolute Gasteiger partial charge is 0.248 e. The largest absolute Gasteiger partial charge is 0.508 e. The van der Waals surface area contributed by atoms with Crippen LogP contribution >= 0.6 is 0 Å². The predicted molar refractivity (Wildman–Crippen MR) is 72.1 cm³/mol. The molecule has 0 bridgehead atoms. The Kier molecular flexibility index (Phi) is 2.79. The van der Waals surface area contributed by atoms with Gasteiger partial charge in [-0.1, -0.05) is 12.1 Å². The molecule has 0 saturated carbocycles. The number of nitrogens with one attached hydrogen (secondary N) is 2. The number of carbonyl (C=O) groups is 1. The van der Waals surface area contributed by atoms with Crippen LogP contribution in [0.3, 0.4) is 0 Å². The molecule has 5 nitrogen and oxygen atoms in total. The van der Waals surface area contributed by atoms with Gasteiger partial charge in [-0.05, 0) is 29.8 Å². The van der Waals surface area contributed by atoms with E-state index in [1.807, 2.05) is 24.3 Å². The Balaban J connectivity index is 1.79. The van der Waals surface area contributed by atoms with Gasteiger partial charge < -0.3 is 15.7 Å². The van der Waals surface area contributed by atoms with Crippen LogP contribution in [-0.4, -0.2) is 22.0 Å². The molecule has 19 heavy (non-hydrogen) atoms. The standard InChI is InChI=1S/C14H13N3O2/c18-10-5-3-9(4-6-10)8-12-14(19)17-13-11(16-12)2-1-7-15-13/h1-7,12,16,18H,8H2,(H,15,17,19)/t12-/m0/s1. The zero-order valence-corrected chi connectivity index (χ0v) is 10.1. The van der Waals surface area contributed by atoms with Crippen molar-refractivity contribution in [2.24, 2.45) is 0 Å². The number of rotatable bonds is 2. The highest BCUT2D eigenvalue weighted by Gasteiger charge is 2.25. The molecule has 1 amide bonds. The van der Waals surface area contributed by atoms with Gasteiger partial charge in [-0.25, -0.2) is 4.98 Å². The predicted octanol–water partition coefficient (Wildman–Crippen LogP) is 1.76. The summed E-state index contributed by atoms with van der Waals surface area (Å²) in [5, 5.41) is 15.2. The number of fused-ring (bicyclic) bond motifs is 1. The molecular formula is C14H13N3O2. The number of pyridine rings is 1. The number of hydrogen-bond acceptors (Lipinski definition) is 4. The molecule has 1 aliphatic heterocycles. The lowest BCUT2D eigenvalue weighted by Gasteiger charge is -2.25. The molecule has 2 heterocycles. The monoisotopic (exact) mass is 255 g/mol. The van der Waals surface area contributed by atoms with Gasteiger partial charge in [0.15, 0.2) is 5.82 Å². The highest BCUT2D eigenvalue weighted by Crippen LogP contribution is 2.24. The second-order valence-electron chi connectivity index (χ2n) is 4.46. The Morgan fingerprint density at radius 1 is 1.21 bits per heavy atom. The number of carbonyl (C=O) groups excluding carboxylic acids is 1. The molecule has 3 N–H and O–H groups in total. The van der Waals surface area contributed by atoms with Crippen LogP contribution in [0, 0.1) is 0 Å². The Bertz CT molecular complexity index is 610. The number of nitrogens with zero attached hydrogens (tertiary/aromatic N) is 1. The fourth-order valence-electron chi connectivity index (χ4n) is 2.09. The number of aromatic nitrogens is 1. The van der Waals surface area contributed by atoms with Crippen molar-refractivity contribution in [1.29, 1.82) is 0 Å². The quantitative estimate of drug-likeness (QED) is 0.764. The van der Waals surface area contributed by atoms with Crippen molar-refractivity contribution in [1.82, 2.24) is 4.98 Å². The van der Waals surface area contributed by atoms with Gasteiger partial charge in [-0.3, -0.25) is 4.79 Å². The van der Waals surface area contributed by atoms with Crippen LogP contribution in [0.15, 0.2) is 42.6 Å². The first-order valence-electron chi connectivity index (χ1n) is 6.03. The van der Waals surface area contributed by atoms with E-state index in [0.717, 1.165) is 11.3 Å². The SMILES string of the molecule is O=C1Nc2ncccc2N[C@H]1Cc1ccc(O)cc1. The third kappa shape index (κ3) is 2.35. The summed E-state index contributed by atoms with van der Waals surface area (Å²) < 4.78 is 0. The van der Waals surface area contributed by atoms with E-state index in [4.69, 9.17) is 0 Å². The van der Waals surface area contributed by atoms with Crippen molar-refractivity contribution < 1.29 is 9.90 Å². The molecule has 0 spiro atoms. The van der Waals surface area contributed by atoms with Gasteiger partial charge in [-0.15, -0.1) is 0 Å². The molecule has 96 valence electrons. The third-order valence-corrected chi connectivity index (χ3v) is 3.07. The molecular weight excluding hydrogens is 242 g/mol. The number of amides is 1. The normalized spacial score (nSPS) is 17.3. The minimum atomic E-state index is -0.332. The van der Waals surface area contributed by atoms with Crippen LogP contribution < -0.4 is 10.6 Å². The minimum absolute atomic E-state index is 0.0979. The van der Waals surface area contributed by atoms with Crippen molar-refractivity contribution >= 4 is 17.4 Å². The summed E-state index contributed by atoms with van der Waals surface area (Å²) in [6.45, 7) is 0. The molecule has 1 aromatic carbocycles. The summed E-state index contributed by atoms with van der Waals surface area (Å²) in [6.07, 6.45) is 2.20.